The fourth-order valence-corrected chi connectivity index (χ4v) is 4.24. The normalized spacial score (nSPS) is 15.6. The van der Waals surface area contributed by atoms with E-state index in [0.29, 0.717) is 13.0 Å². The van der Waals surface area contributed by atoms with Gasteiger partial charge in [-0.1, -0.05) is 30.3 Å². The van der Waals surface area contributed by atoms with E-state index >= 15 is 0 Å². The summed E-state index contributed by atoms with van der Waals surface area (Å²) in [6.07, 6.45) is 2.38. The molecule has 1 aliphatic heterocycles. The lowest BCUT2D eigenvalue weighted by molar-refractivity contribution is 0.441. The molecule has 0 radical (unpaired) electrons. The molecule has 0 saturated heterocycles. The second-order valence-electron chi connectivity index (χ2n) is 5.46. The van der Waals surface area contributed by atoms with Crippen LogP contribution in [-0.4, -0.2) is 25.8 Å². The maximum Gasteiger partial charge on any atom is 0.244 e. The van der Waals surface area contributed by atoms with Gasteiger partial charge in [0, 0.05) is 13.1 Å². The Morgan fingerprint density at radius 2 is 1.79 bits per heavy atom. The van der Waals surface area contributed by atoms with Gasteiger partial charge in [-0.25, -0.2) is 12.8 Å². The van der Waals surface area contributed by atoms with Crippen LogP contribution in [0.3, 0.4) is 0 Å². The van der Waals surface area contributed by atoms with Crippen LogP contribution in [0.1, 0.15) is 17.5 Å². The Labute approximate surface area is 140 Å². The Bertz CT molecular complexity index is 928. The molecule has 6 heteroatoms. The first-order chi connectivity index (χ1) is 11.5. The fraction of sp³-hybridized carbons (Fsp3) is 0.167. The largest absolute Gasteiger partial charge is 0.244 e. The Morgan fingerprint density at radius 3 is 2.42 bits per heavy atom. The molecule has 1 heterocycles. The Kier molecular flexibility index (Phi) is 4.47. The van der Waals surface area contributed by atoms with Crippen LogP contribution in [-0.2, 0) is 10.0 Å². The van der Waals surface area contributed by atoms with Gasteiger partial charge in [-0.2, -0.15) is 9.57 Å². The summed E-state index contributed by atoms with van der Waals surface area (Å²) < 4.78 is 39.9. The van der Waals surface area contributed by atoms with Crippen LogP contribution >= 0.6 is 0 Å². The van der Waals surface area contributed by atoms with E-state index in [1.165, 1.54) is 28.6 Å². The zero-order chi connectivity index (χ0) is 17.2. The molecule has 0 atom stereocenters. The number of hydrogen-bond acceptors (Lipinski definition) is 3. The summed E-state index contributed by atoms with van der Waals surface area (Å²) in [4.78, 5) is 0.0335. The quantitative estimate of drug-likeness (QED) is 0.861. The van der Waals surface area contributed by atoms with Crippen LogP contribution in [0.4, 0.5) is 4.39 Å². The number of nitriles is 1. The molecule has 2 aromatic rings. The summed E-state index contributed by atoms with van der Waals surface area (Å²) in [6.45, 7) is 0.556. The monoisotopic (exact) mass is 342 g/mol. The Morgan fingerprint density at radius 1 is 1.08 bits per heavy atom. The lowest BCUT2D eigenvalue weighted by Gasteiger charge is -2.26. The highest BCUT2D eigenvalue weighted by Crippen LogP contribution is 2.27. The topological polar surface area (TPSA) is 61.2 Å². The van der Waals surface area contributed by atoms with Gasteiger partial charge >= 0.3 is 0 Å². The van der Waals surface area contributed by atoms with Crippen molar-refractivity contribution in [2.24, 2.45) is 0 Å². The van der Waals surface area contributed by atoms with Crippen molar-refractivity contribution >= 4 is 15.6 Å². The second kappa shape index (κ2) is 6.56. The van der Waals surface area contributed by atoms with E-state index in [4.69, 9.17) is 5.26 Å². The summed E-state index contributed by atoms with van der Waals surface area (Å²) in [5.74, 6) is -0.299. The van der Waals surface area contributed by atoms with Gasteiger partial charge in [0.15, 0.2) is 0 Å². The molecule has 122 valence electrons. The number of benzene rings is 2. The minimum atomic E-state index is -3.71. The van der Waals surface area contributed by atoms with Crippen LogP contribution in [0.25, 0.3) is 5.57 Å². The molecule has 1 aliphatic rings. The number of halogens is 1. The minimum Gasteiger partial charge on any atom is -0.207 e. The molecule has 0 aliphatic carbocycles. The van der Waals surface area contributed by atoms with Crippen LogP contribution in [0.2, 0.25) is 0 Å². The first-order valence-corrected chi connectivity index (χ1v) is 8.90. The van der Waals surface area contributed by atoms with Gasteiger partial charge < -0.3 is 0 Å². The number of nitrogens with zero attached hydrogens (tertiary/aromatic N) is 2. The molecule has 0 spiro atoms. The van der Waals surface area contributed by atoms with Crippen molar-refractivity contribution in [1.82, 2.24) is 4.31 Å². The van der Waals surface area contributed by atoms with Gasteiger partial charge in [0.2, 0.25) is 10.0 Å². The molecular formula is C18H15FN2O2S. The van der Waals surface area contributed by atoms with Gasteiger partial charge in [0.25, 0.3) is 0 Å². The first kappa shape index (κ1) is 16.4. The SMILES string of the molecule is N#Cc1ccccc1S(=O)(=O)N1CC=C(c2ccc(F)cc2)CC1. The van der Waals surface area contributed by atoms with Crippen LogP contribution in [0.15, 0.2) is 59.5 Å². The highest BCUT2D eigenvalue weighted by molar-refractivity contribution is 7.89. The van der Waals surface area contributed by atoms with Crippen molar-refractivity contribution in [2.75, 3.05) is 13.1 Å². The van der Waals surface area contributed by atoms with E-state index in [0.717, 1.165) is 11.1 Å². The maximum absolute atomic E-state index is 13.0. The summed E-state index contributed by atoms with van der Waals surface area (Å²) >= 11 is 0. The van der Waals surface area contributed by atoms with Crippen molar-refractivity contribution in [1.29, 1.82) is 5.26 Å². The van der Waals surface area contributed by atoms with E-state index in [1.807, 2.05) is 12.1 Å². The van der Waals surface area contributed by atoms with Gasteiger partial charge in [-0.3, -0.25) is 0 Å². The van der Waals surface area contributed by atoms with Crippen LogP contribution in [0.5, 0.6) is 0 Å². The van der Waals surface area contributed by atoms with E-state index in [-0.39, 0.29) is 22.8 Å². The Balaban J connectivity index is 1.85. The third-order valence-corrected chi connectivity index (χ3v) is 5.94. The molecule has 2 aromatic carbocycles. The van der Waals surface area contributed by atoms with Gasteiger partial charge in [-0.15, -0.1) is 0 Å². The predicted octanol–water partition coefficient (Wildman–Crippen LogP) is 3.18. The minimum absolute atomic E-state index is 0.0335. The lowest BCUT2D eigenvalue weighted by Crippen LogP contribution is -2.35. The van der Waals surface area contributed by atoms with Crippen LogP contribution < -0.4 is 0 Å². The smallest absolute Gasteiger partial charge is 0.207 e. The molecule has 0 unspecified atom stereocenters. The number of rotatable bonds is 3. The highest BCUT2D eigenvalue weighted by atomic mass is 32.2. The molecular weight excluding hydrogens is 327 g/mol. The third kappa shape index (κ3) is 3.09. The summed E-state index contributed by atoms with van der Waals surface area (Å²) in [5.41, 5.74) is 2.03. The molecule has 0 amide bonds. The molecule has 0 N–H and O–H groups in total. The van der Waals surface area contributed by atoms with E-state index < -0.39 is 10.0 Å². The number of hydrogen-bond donors (Lipinski definition) is 0. The molecule has 4 nitrogen and oxygen atoms in total. The molecule has 0 fully saturated rings. The lowest BCUT2D eigenvalue weighted by atomic mass is 10.0. The molecule has 0 saturated carbocycles. The maximum atomic E-state index is 13.0. The fourth-order valence-electron chi connectivity index (χ4n) is 2.72. The van der Waals surface area contributed by atoms with Gasteiger partial charge in [0.05, 0.1) is 10.5 Å². The predicted molar refractivity (Wildman–Crippen MR) is 88.9 cm³/mol. The van der Waals surface area contributed by atoms with Crippen LogP contribution in [0, 0.1) is 17.1 Å². The van der Waals surface area contributed by atoms with E-state index in [1.54, 1.807) is 24.3 Å². The van der Waals surface area contributed by atoms with E-state index in [2.05, 4.69) is 0 Å². The van der Waals surface area contributed by atoms with Gasteiger partial charge in [0.1, 0.15) is 11.9 Å². The third-order valence-electron chi connectivity index (χ3n) is 4.01. The van der Waals surface area contributed by atoms with E-state index in [9.17, 15) is 12.8 Å². The number of sulfonamides is 1. The zero-order valence-corrected chi connectivity index (χ0v) is 13.6. The standard InChI is InChI=1S/C18H15FN2O2S/c19-17-7-5-14(6-8-17)15-9-11-21(12-10-15)24(22,23)18-4-2-1-3-16(18)13-20/h1-9H,10-12H2. The van der Waals surface area contributed by atoms with Crippen molar-refractivity contribution < 1.29 is 12.8 Å². The van der Waals surface area contributed by atoms with Gasteiger partial charge in [-0.05, 0) is 41.8 Å². The van der Waals surface area contributed by atoms with Crippen molar-refractivity contribution in [3.63, 3.8) is 0 Å². The second-order valence-corrected chi connectivity index (χ2v) is 7.36. The van der Waals surface area contributed by atoms with Crippen molar-refractivity contribution in [3.05, 3.63) is 71.6 Å². The molecule has 3 rings (SSSR count). The molecule has 24 heavy (non-hydrogen) atoms. The summed E-state index contributed by atoms with van der Waals surface area (Å²) in [5, 5.41) is 9.12. The highest BCUT2D eigenvalue weighted by Gasteiger charge is 2.28. The molecule has 0 aromatic heterocycles. The summed E-state index contributed by atoms with van der Waals surface area (Å²) in [7, 11) is -3.71. The average molecular weight is 342 g/mol. The average Bonchev–Trinajstić information content (AvgIpc) is 2.62. The first-order valence-electron chi connectivity index (χ1n) is 7.46. The van der Waals surface area contributed by atoms with Crippen molar-refractivity contribution in [3.8, 4) is 6.07 Å². The summed E-state index contributed by atoms with van der Waals surface area (Å²) in [6, 6.07) is 14.3. The molecule has 0 bridgehead atoms. The Hall–Kier alpha value is -2.49. The zero-order valence-electron chi connectivity index (χ0n) is 12.8. The van der Waals surface area contributed by atoms with Crippen molar-refractivity contribution in [2.45, 2.75) is 11.3 Å².